The number of ether oxygens (including phenoxy) is 3. The van der Waals surface area contributed by atoms with Gasteiger partial charge >= 0.3 is 5.97 Å². The Morgan fingerprint density at radius 1 is 1.12 bits per heavy atom. The second-order valence-electron chi connectivity index (χ2n) is 8.54. The number of carbonyl (C=O) groups excluding carboxylic acids is 1. The van der Waals surface area contributed by atoms with Gasteiger partial charge in [0.2, 0.25) is 0 Å². The van der Waals surface area contributed by atoms with Crippen LogP contribution >= 0.6 is 0 Å². The van der Waals surface area contributed by atoms with E-state index in [1.807, 2.05) is 64.1 Å². The second-order valence-corrected chi connectivity index (χ2v) is 8.54. The fourth-order valence-electron chi connectivity index (χ4n) is 3.29. The van der Waals surface area contributed by atoms with Gasteiger partial charge in [-0.05, 0) is 43.0 Å². The van der Waals surface area contributed by atoms with Gasteiger partial charge in [0.1, 0.15) is 24.7 Å². The van der Waals surface area contributed by atoms with Crippen LogP contribution in [0.15, 0.2) is 72.8 Å². The molecule has 2 atom stereocenters. The van der Waals surface area contributed by atoms with E-state index in [1.165, 1.54) is 7.11 Å². The summed E-state index contributed by atoms with van der Waals surface area (Å²) in [6.07, 6.45) is 2.44. The highest BCUT2D eigenvalue weighted by Gasteiger charge is 2.41. The minimum absolute atomic E-state index is 0.331. The number of aliphatic hydroxyl groups excluding tert-OH is 1. The first-order chi connectivity index (χ1) is 15.2. The van der Waals surface area contributed by atoms with E-state index in [1.54, 1.807) is 24.3 Å². The number of rotatable bonds is 11. The van der Waals surface area contributed by atoms with Gasteiger partial charge in [0, 0.05) is 11.6 Å². The van der Waals surface area contributed by atoms with Crippen LogP contribution < -0.4 is 9.47 Å². The lowest BCUT2D eigenvalue weighted by molar-refractivity contribution is -0.154. The Kier molecular flexibility index (Phi) is 9.09. The molecule has 0 fully saturated rings. The lowest BCUT2D eigenvalue weighted by Crippen LogP contribution is -2.35. The third-order valence-corrected chi connectivity index (χ3v) is 5.38. The number of benzene rings is 2. The van der Waals surface area contributed by atoms with Crippen LogP contribution in [-0.4, -0.2) is 24.8 Å². The summed E-state index contributed by atoms with van der Waals surface area (Å²) in [5.74, 6) is -0.308. The van der Waals surface area contributed by atoms with E-state index >= 15 is 0 Å². The maximum absolute atomic E-state index is 12.6. The van der Waals surface area contributed by atoms with Crippen molar-refractivity contribution in [2.75, 3.05) is 13.7 Å². The van der Waals surface area contributed by atoms with E-state index in [9.17, 15) is 9.90 Å². The lowest BCUT2D eigenvalue weighted by atomic mass is 9.74. The molecule has 0 spiro atoms. The van der Waals surface area contributed by atoms with E-state index in [4.69, 9.17) is 14.2 Å². The molecular formula is C27H34O5. The van der Waals surface area contributed by atoms with Gasteiger partial charge in [-0.1, -0.05) is 55.8 Å². The smallest absolute Gasteiger partial charge is 0.312 e. The Morgan fingerprint density at radius 3 is 2.41 bits per heavy atom. The molecule has 2 rings (SSSR count). The zero-order chi connectivity index (χ0) is 23.7. The molecule has 0 aliphatic rings. The SMILES string of the molecule is C=CC(C)(C)[C@H](C(=O)OC)[C@H](O)c1ccc(OCc2ccccc2)cc1OCC=C(C)C. The van der Waals surface area contributed by atoms with Gasteiger partial charge in [-0.3, -0.25) is 4.79 Å². The maximum atomic E-state index is 12.6. The van der Waals surface area contributed by atoms with E-state index in [-0.39, 0.29) is 0 Å². The summed E-state index contributed by atoms with van der Waals surface area (Å²) >= 11 is 0. The van der Waals surface area contributed by atoms with Crippen LogP contribution in [0.3, 0.4) is 0 Å². The van der Waals surface area contributed by atoms with E-state index in [0.29, 0.717) is 30.3 Å². The van der Waals surface area contributed by atoms with Crippen LogP contribution in [0.5, 0.6) is 11.5 Å². The molecule has 0 amide bonds. The van der Waals surface area contributed by atoms with Crippen molar-refractivity contribution in [3.05, 3.63) is 84.0 Å². The highest BCUT2D eigenvalue weighted by atomic mass is 16.5. The number of esters is 1. The minimum atomic E-state index is -1.15. The monoisotopic (exact) mass is 438 g/mol. The molecule has 1 N–H and O–H groups in total. The van der Waals surface area contributed by atoms with Crippen LogP contribution in [0.1, 0.15) is 44.9 Å². The highest BCUT2D eigenvalue weighted by Crippen LogP contribution is 2.42. The summed E-state index contributed by atoms with van der Waals surface area (Å²) in [6, 6.07) is 15.1. The van der Waals surface area contributed by atoms with Crippen LogP contribution in [0, 0.1) is 11.3 Å². The molecule has 0 saturated carbocycles. The molecule has 0 aromatic heterocycles. The van der Waals surface area contributed by atoms with Gasteiger partial charge < -0.3 is 19.3 Å². The number of carbonyl (C=O) groups is 1. The van der Waals surface area contributed by atoms with Crippen LogP contribution in [0.4, 0.5) is 0 Å². The molecule has 0 radical (unpaired) electrons. The number of aliphatic hydroxyl groups is 1. The Labute approximate surface area is 191 Å². The second kappa shape index (κ2) is 11.5. The van der Waals surface area contributed by atoms with Gasteiger partial charge in [0.05, 0.1) is 19.1 Å². The molecule has 0 unspecified atom stereocenters. The van der Waals surface area contributed by atoms with Crippen molar-refractivity contribution >= 4 is 5.97 Å². The van der Waals surface area contributed by atoms with E-state index < -0.39 is 23.4 Å². The number of methoxy groups -OCH3 is 1. The quantitative estimate of drug-likeness (QED) is 0.363. The largest absolute Gasteiger partial charge is 0.489 e. The Bertz CT molecular complexity index is 926. The predicted octanol–water partition coefficient (Wildman–Crippen LogP) is 5.65. The molecule has 0 aliphatic heterocycles. The normalized spacial score (nSPS) is 12.9. The summed E-state index contributed by atoms with van der Waals surface area (Å²) in [7, 11) is 1.31. The maximum Gasteiger partial charge on any atom is 0.312 e. The highest BCUT2D eigenvalue weighted by molar-refractivity contribution is 5.75. The predicted molar refractivity (Wildman–Crippen MR) is 127 cm³/mol. The average Bonchev–Trinajstić information content (AvgIpc) is 2.78. The summed E-state index contributed by atoms with van der Waals surface area (Å²) in [6.45, 7) is 12.2. The minimum Gasteiger partial charge on any atom is -0.489 e. The standard InChI is InChI=1S/C27H34O5/c1-7-27(4,5)24(26(29)30-6)25(28)22-14-13-21(17-23(22)31-16-15-19(2)3)32-18-20-11-9-8-10-12-20/h7-15,17,24-25,28H,1,16,18H2,2-6H3/t24-,25+/m0/s1. The zero-order valence-electron chi connectivity index (χ0n) is 19.6. The molecule has 5 heteroatoms. The van der Waals surface area contributed by atoms with Crippen molar-refractivity contribution in [2.24, 2.45) is 11.3 Å². The number of hydrogen-bond acceptors (Lipinski definition) is 5. The summed E-state index contributed by atoms with van der Waals surface area (Å²) in [5.41, 5.74) is 1.95. The van der Waals surface area contributed by atoms with Crippen molar-refractivity contribution in [3.63, 3.8) is 0 Å². The van der Waals surface area contributed by atoms with E-state index in [0.717, 1.165) is 11.1 Å². The molecule has 32 heavy (non-hydrogen) atoms. The molecule has 0 saturated heterocycles. The molecule has 0 bridgehead atoms. The molecule has 0 heterocycles. The molecule has 172 valence electrons. The molecule has 2 aromatic carbocycles. The van der Waals surface area contributed by atoms with Crippen LogP contribution in [0.25, 0.3) is 0 Å². The number of allylic oxidation sites excluding steroid dienone is 2. The molecule has 5 nitrogen and oxygen atoms in total. The molecule has 0 aliphatic carbocycles. The summed E-state index contributed by atoms with van der Waals surface area (Å²) < 4.78 is 16.9. The molecular weight excluding hydrogens is 404 g/mol. The zero-order valence-corrected chi connectivity index (χ0v) is 19.6. The lowest BCUT2D eigenvalue weighted by Gasteiger charge is -2.33. The fourth-order valence-corrected chi connectivity index (χ4v) is 3.29. The van der Waals surface area contributed by atoms with Gasteiger partial charge in [0.15, 0.2) is 0 Å². The summed E-state index contributed by atoms with van der Waals surface area (Å²) in [5, 5.41) is 11.3. The third-order valence-electron chi connectivity index (χ3n) is 5.38. The van der Waals surface area contributed by atoms with Crippen molar-refractivity contribution < 1.29 is 24.1 Å². The average molecular weight is 439 g/mol. The molecule has 2 aromatic rings. The van der Waals surface area contributed by atoms with Crippen molar-refractivity contribution in [3.8, 4) is 11.5 Å². The third kappa shape index (κ3) is 6.72. The first-order valence-corrected chi connectivity index (χ1v) is 10.7. The van der Waals surface area contributed by atoms with Crippen molar-refractivity contribution in [1.29, 1.82) is 0 Å². The Morgan fingerprint density at radius 2 is 1.81 bits per heavy atom. The number of hydrogen-bond donors (Lipinski definition) is 1. The summed E-state index contributed by atoms with van der Waals surface area (Å²) in [4.78, 5) is 12.6. The Hall–Kier alpha value is -3.05. The first-order valence-electron chi connectivity index (χ1n) is 10.7. The first kappa shape index (κ1) is 25.2. The van der Waals surface area contributed by atoms with E-state index in [2.05, 4.69) is 6.58 Å². The van der Waals surface area contributed by atoms with Gasteiger partial charge in [0.25, 0.3) is 0 Å². The van der Waals surface area contributed by atoms with Crippen LogP contribution in [0.2, 0.25) is 0 Å². The Balaban J connectivity index is 2.38. The van der Waals surface area contributed by atoms with Gasteiger partial charge in [-0.15, -0.1) is 6.58 Å². The van der Waals surface area contributed by atoms with Crippen molar-refractivity contribution in [1.82, 2.24) is 0 Å². The van der Waals surface area contributed by atoms with Gasteiger partial charge in [-0.25, -0.2) is 0 Å². The topological polar surface area (TPSA) is 65.0 Å². The van der Waals surface area contributed by atoms with Crippen molar-refractivity contribution in [2.45, 2.75) is 40.4 Å². The van der Waals surface area contributed by atoms with Gasteiger partial charge in [-0.2, -0.15) is 0 Å². The fraction of sp³-hybridized carbons (Fsp3) is 0.370. The van der Waals surface area contributed by atoms with Crippen LogP contribution in [-0.2, 0) is 16.1 Å².